The number of hydrogen-bond acceptors (Lipinski definition) is 4. The summed E-state index contributed by atoms with van der Waals surface area (Å²) in [5.41, 5.74) is 0.603. The van der Waals surface area contributed by atoms with Crippen LogP contribution in [0, 0.1) is 0 Å². The molecule has 0 radical (unpaired) electrons. The van der Waals surface area contributed by atoms with E-state index in [-0.39, 0.29) is 10.9 Å². The van der Waals surface area contributed by atoms with Gasteiger partial charge >= 0.3 is 5.69 Å². The summed E-state index contributed by atoms with van der Waals surface area (Å²) in [5, 5.41) is 0.159. The van der Waals surface area contributed by atoms with E-state index in [2.05, 4.69) is 9.97 Å². The SMILES string of the molecule is Cn1c(=O)c2c(nc(Cl)n2Cc2cccnc2)n(C)c1=O. The number of pyridine rings is 1. The molecule has 0 saturated carbocycles. The van der Waals surface area contributed by atoms with Gasteiger partial charge in [0.1, 0.15) is 0 Å². The minimum Gasteiger partial charge on any atom is -0.304 e. The molecule has 108 valence electrons. The maximum absolute atomic E-state index is 12.3. The number of halogens is 1. The third-order valence-corrected chi connectivity index (χ3v) is 3.65. The van der Waals surface area contributed by atoms with Crippen molar-refractivity contribution in [2.24, 2.45) is 14.1 Å². The van der Waals surface area contributed by atoms with Crippen LogP contribution in [0.2, 0.25) is 5.28 Å². The lowest BCUT2D eigenvalue weighted by molar-refractivity contribution is 0.702. The zero-order valence-electron chi connectivity index (χ0n) is 11.4. The van der Waals surface area contributed by atoms with Gasteiger partial charge in [0.25, 0.3) is 5.56 Å². The number of aromatic nitrogens is 5. The van der Waals surface area contributed by atoms with Gasteiger partial charge in [-0.3, -0.25) is 18.9 Å². The Morgan fingerprint density at radius 2 is 2.00 bits per heavy atom. The third-order valence-electron chi connectivity index (χ3n) is 3.36. The number of rotatable bonds is 2. The van der Waals surface area contributed by atoms with E-state index in [9.17, 15) is 9.59 Å². The van der Waals surface area contributed by atoms with Gasteiger partial charge in [0.05, 0.1) is 6.54 Å². The molecule has 0 atom stereocenters. The Hall–Kier alpha value is -2.41. The van der Waals surface area contributed by atoms with Gasteiger partial charge in [-0.05, 0) is 23.2 Å². The van der Waals surface area contributed by atoms with Gasteiger partial charge in [0.15, 0.2) is 11.2 Å². The Balaban J connectivity index is 2.32. The zero-order valence-corrected chi connectivity index (χ0v) is 12.2. The van der Waals surface area contributed by atoms with Crippen molar-refractivity contribution in [3.8, 4) is 0 Å². The van der Waals surface area contributed by atoms with Crippen molar-refractivity contribution >= 4 is 22.8 Å². The number of hydrogen-bond donors (Lipinski definition) is 0. The molecule has 0 N–H and O–H groups in total. The highest BCUT2D eigenvalue weighted by molar-refractivity contribution is 6.29. The van der Waals surface area contributed by atoms with Crippen molar-refractivity contribution in [3.05, 3.63) is 56.2 Å². The average molecular weight is 306 g/mol. The molecule has 0 unspecified atom stereocenters. The number of fused-ring (bicyclic) bond motifs is 1. The van der Waals surface area contributed by atoms with Crippen LogP contribution in [0.3, 0.4) is 0 Å². The van der Waals surface area contributed by atoms with Crippen LogP contribution < -0.4 is 11.2 Å². The second kappa shape index (κ2) is 4.85. The van der Waals surface area contributed by atoms with Crippen molar-refractivity contribution in [2.45, 2.75) is 6.54 Å². The van der Waals surface area contributed by atoms with E-state index in [1.54, 1.807) is 30.1 Å². The summed E-state index contributed by atoms with van der Waals surface area (Å²) in [6.07, 6.45) is 3.36. The molecule has 7 nitrogen and oxygen atoms in total. The van der Waals surface area contributed by atoms with Crippen LogP contribution in [0.5, 0.6) is 0 Å². The Labute approximate surface area is 124 Å². The minimum absolute atomic E-state index is 0.159. The molecule has 3 rings (SSSR count). The Morgan fingerprint density at radius 1 is 1.24 bits per heavy atom. The van der Waals surface area contributed by atoms with E-state index in [1.807, 2.05) is 6.07 Å². The summed E-state index contributed by atoms with van der Waals surface area (Å²) in [7, 11) is 2.99. The smallest absolute Gasteiger partial charge is 0.304 e. The molecule has 0 aromatic carbocycles. The second-order valence-electron chi connectivity index (χ2n) is 4.71. The molecule has 21 heavy (non-hydrogen) atoms. The number of imidazole rings is 1. The molecule has 3 aromatic rings. The number of aryl methyl sites for hydroxylation is 1. The molecule has 0 fully saturated rings. The predicted molar refractivity (Wildman–Crippen MR) is 78.6 cm³/mol. The van der Waals surface area contributed by atoms with E-state index in [0.717, 1.165) is 10.1 Å². The van der Waals surface area contributed by atoms with E-state index < -0.39 is 11.2 Å². The average Bonchev–Trinajstić information content (AvgIpc) is 2.81. The van der Waals surface area contributed by atoms with E-state index >= 15 is 0 Å². The summed E-state index contributed by atoms with van der Waals surface area (Å²) in [5.74, 6) is 0. The molecular weight excluding hydrogens is 294 g/mol. The van der Waals surface area contributed by atoms with Gasteiger partial charge in [-0.25, -0.2) is 4.79 Å². The third kappa shape index (κ3) is 2.06. The van der Waals surface area contributed by atoms with Gasteiger partial charge in [-0.15, -0.1) is 0 Å². The summed E-state index contributed by atoms with van der Waals surface area (Å²) in [6, 6.07) is 3.68. The first-order valence-corrected chi connectivity index (χ1v) is 6.59. The highest BCUT2D eigenvalue weighted by Gasteiger charge is 2.18. The summed E-state index contributed by atoms with van der Waals surface area (Å²) in [6.45, 7) is 0.358. The van der Waals surface area contributed by atoms with Crippen LogP contribution >= 0.6 is 11.6 Å². The first-order chi connectivity index (χ1) is 10.0. The standard InChI is InChI=1S/C13H12ClN5O2/c1-17-10-9(11(20)18(2)13(17)21)19(12(14)16-10)7-8-4-3-5-15-6-8/h3-6H,7H2,1-2H3. The van der Waals surface area contributed by atoms with Gasteiger partial charge in [-0.1, -0.05) is 6.07 Å². The van der Waals surface area contributed by atoms with Crippen LogP contribution in [0.15, 0.2) is 34.1 Å². The van der Waals surface area contributed by atoms with Crippen LogP contribution in [0.4, 0.5) is 0 Å². The van der Waals surface area contributed by atoms with Gasteiger partial charge in [0.2, 0.25) is 5.28 Å². The van der Waals surface area contributed by atoms with E-state index in [0.29, 0.717) is 12.1 Å². The van der Waals surface area contributed by atoms with Crippen molar-refractivity contribution < 1.29 is 0 Å². The summed E-state index contributed by atoms with van der Waals surface area (Å²) in [4.78, 5) is 32.4. The molecule has 8 heteroatoms. The van der Waals surface area contributed by atoms with Crippen molar-refractivity contribution in [1.82, 2.24) is 23.7 Å². The van der Waals surface area contributed by atoms with E-state index in [1.165, 1.54) is 11.6 Å². The van der Waals surface area contributed by atoms with Crippen LogP contribution in [-0.2, 0) is 20.6 Å². The van der Waals surface area contributed by atoms with Crippen LogP contribution in [0.25, 0.3) is 11.2 Å². The molecule has 0 saturated heterocycles. The Bertz CT molecular complexity index is 939. The first-order valence-electron chi connectivity index (χ1n) is 6.21. The minimum atomic E-state index is -0.435. The summed E-state index contributed by atoms with van der Waals surface area (Å²) < 4.78 is 3.93. The monoisotopic (exact) mass is 305 g/mol. The fourth-order valence-corrected chi connectivity index (χ4v) is 2.46. The Kier molecular flexibility index (Phi) is 3.13. The molecule has 3 heterocycles. The molecule has 0 aliphatic rings. The fraction of sp³-hybridized carbons (Fsp3) is 0.231. The maximum atomic E-state index is 12.3. The maximum Gasteiger partial charge on any atom is 0.332 e. The number of nitrogens with zero attached hydrogens (tertiary/aromatic N) is 5. The molecule has 0 aliphatic carbocycles. The lowest BCUT2D eigenvalue weighted by Crippen LogP contribution is -2.37. The quantitative estimate of drug-likeness (QED) is 0.647. The highest BCUT2D eigenvalue weighted by Crippen LogP contribution is 2.17. The van der Waals surface area contributed by atoms with Gasteiger partial charge in [-0.2, -0.15) is 4.98 Å². The molecule has 0 bridgehead atoms. The molecule has 0 aliphatic heterocycles. The summed E-state index contributed by atoms with van der Waals surface area (Å²) >= 11 is 6.13. The first kappa shape index (κ1) is 13.6. The van der Waals surface area contributed by atoms with Crippen molar-refractivity contribution in [3.63, 3.8) is 0 Å². The van der Waals surface area contributed by atoms with Gasteiger partial charge in [0, 0.05) is 26.5 Å². The largest absolute Gasteiger partial charge is 0.332 e. The van der Waals surface area contributed by atoms with E-state index in [4.69, 9.17) is 11.6 Å². The Morgan fingerprint density at radius 3 is 2.67 bits per heavy atom. The van der Waals surface area contributed by atoms with Crippen molar-refractivity contribution in [1.29, 1.82) is 0 Å². The fourth-order valence-electron chi connectivity index (χ4n) is 2.24. The lowest BCUT2D eigenvalue weighted by Gasteiger charge is -2.07. The highest BCUT2D eigenvalue weighted by atomic mass is 35.5. The molecular formula is C13H12ClN5O2. The predicted octanol–water partition coefficient (Wildman–Crippen LogP) is 0.530. The van der Waals surface area contributed by atoms with Gasteiger partial charge < -0.3 is 4.57 Å². The van der Waals surface area contributed by atoms with Crippen molar-refractivity contribution in [2.75, 3.05) is 0 Å². The molecule has 0 amide bonds. The molecule has 3 aromatic heterocycles. The zero-order chi connectivity index (χ0) is 15.1. The normalized spacial score (nSPS) is 11.2. The van der Waals surface area contributed by atoms with Crippen LogP contribution in [0.1, 0.15) is 5.56 Å². The molecule has 0 spiro atoms. The van der Waals surface area contributed by atoms with Crippen LogP contribution in [-0.4, -0.2) is 23.7 Å². The topological polar surface area (TPSA) is 74.7 Å². The lowest BCUT2D eigenvalue weighted by atomic mass is 10.3. The second-order valence-corrected chi connectivity index (χ2v) is 5.04.